The molecule has 0 bridgehead atoms. The monoisotopic (exact) mass is 520 g/mol. The summed E-state index contributed by atoms with van der Waals surface area (Å²) < 4.78 is 41.9. The van der Waals surface area contributed by atoms with Gasteiger partial charge in [-0.15, -0.1) is 0 Å². The van der Waals surface area contributed by atoms with E-state index in [-0.39, 0.29) is 34.3 Å². The van der Waals surface area contributed by atoms with Crippen molar-refractivity contribution in [3.63, 3.8) is 0 Å². The molecule has 0 unspecified atom stereocenters. The van der Waals surface area contributed by atoms with Crippen LogP contribution in [0.5, 0.6) is 0 Å². The van der Waals surface area contributed by atoms with Gasteiger partial charge in [-0.05, 0) is 72.6 Å². The Balaban J connectivity index is 1.37. The van der Waals surface area contributed by atoms with E-state index in [1.807, 2.05) is 0 Å². The third-order valence-corrected chi connectivity index (χ3v) is 7.24. The minimum Gasteiger partial charge on any atom is -0.312 e. The molecule has 182 valence electrons. The summed E-state index contributed by atoms with van der Waals surface area (Å²) in [5, 5.41) is 7.98. The van der Waals surface area contributed by atoms with Crippen molar-refractivity contribution in [1.29, 1.82) is 0 Å². The van der Waals surface area contributed by atoms with E-state index >= 15 is 0 Å². The highest BCUT2D eigenvalue weighted by atomic mass is 35.5. The van der Waals surface area contributed by atoms with Gasteiger partial charge in [-0.1, -0.05) is 23.7 Å². The Labute approximate surface area is 208 Å². The molecule has 2 saturated heterocycles. The van der Waals surface area contributed by atoms with Crippen LogP contribution in [0.2, 0.25) is 5.02 Å². The molecule has 2 aliphatic rings. The first kappa shape index (κ1) is 23.9. The Morgan fingerprint density at radius 2 is 2.03 bits per heavy atom. The molecule has 2 aliphatic heterocycles. The SMILES string of the molecule is O=C1S/C(=C\c2ccc3c(cnn3Cc3ccc(Cl)cc3C(F)(F)F)c2)C(=O)N1C[C@@H]1CCCN1. The topological polar surface area (TPSA) is 67.2 Å². The Hall–Kier alpha value is -2.82. The molecule has 6 nitrogen and oxygen atoms in total. The molecule has 5 rings (SSSR count). The molecule has 0 aliphatic carbocycles. The third-order valence-electron chi connectivity index (χ3n) is 6.10. The van der Waals surface area contributed by atoms with Gasteiger partial charge in [0.25, 0.3) is 11.1 Å². The predicted octanol–water partition coefficient (Wildman–Crippen LogP) is 5.55. The van der Waals surface area contributed by atoms with Gasteiger partial charge >= 0.3 is 6.18 Å². The molecular weight excluding hydrogens is 501 g/mol. The van der Waals surface area contributed by atoms with Gasteiger partial charge in [0.1, 0.15) is 0 Å². The number of hydrogen-bond acceptors (Lipinski definition) is 5. The van der Waals surface area contributed by atoms with Crippen molar-refractivity contribution in [2.24, 2.45) is 0 Å². The fourth-order valence-electron chi connectivity index (χ4n) is 4.37. The lowest BCUT2D eigenvalue weighted by Gasteiger charge is -2.17. The van der Waals surface area contributed by atoms with E-state index < -0.39 is 11.7 Å². The first-order valence-electron chi connectivity index (χ1n) is 11.0. The van der Waals surface area contributed by atoms with E-state index in [4.69, 9.17) is 11.6 Å². The number of amides is 2. The van der Waals surface area contributed by atoms with Gasteiger partial charge in [-0.3, -0.25) is 19.2 Å². The molecule has 35 heavy (non-hydrogen) atoms. The zero-order chi connectivity index (χ0) is 24.7. The Bertz CT molecular complexity index is 1350. The number of imide groups is 1. The third kappa shape index (κ3) is 4.96. The fourth-order valence-corrected chi connectivity index (χ4v) is 5.40. The first-order valence-corrected chi connectivity index (χ1v) is 12.2. The van der Waals surface area contributed by atoms with Gasteiger partial charge in [-0.25, -0.2) is 0 Å². The summed E-state index contributed by atoms with van der Waals surface area (Å²) in [5.74, 6) is -0.313. The van der Waals surface area contributed by atoms with Crippen LogP contribution in [0.4, 0.5) is 18.0 Å². The van der Waals surface area contributed by atoms with E-state index in [1.54, 1.807) is 30.5 Å². The van der Waals surface area contributed by atoms with Crippen molar-refractivity contribution in [1.82, 2.24) is 20.0 Å². The maximum absolute atomic E-state index is 13.5. The largest absolute Gasteiger partial charge is 0.416 e. The summed E-state index contributed by atoms with van der Waals surface area (Å²) >= 11 is 6.69. The standard InChI is InChI=1S/C24H20ClF3N4O2S/c25-17-5-4-15(19(10-17)24(26,27)28)12-32-20-6-3-14(8-16(20)11-30-32)9-21-22(33)31(23(34)35-21)13-18-2-1-7-29-18/h3-6,8-11,18,29H,1-2,7,12-13H2/b21-9-/t18-/m0/s1. The second-order valence-corrected chi connectivity index (χ2v) is 9.93. The predicted molar refractivity (Wildman–Crippen MR) is 129 cm³/mol. The molecule has 2 fully saturated rings. The summed E-state index contributed by atoms with van der Waals surface area (Å²) in [6, 6.07) is 9.09. The highest BCUT2D eigenvalue weighted by molar-refractivity contribution is 8.18. The first-order chi connectivity index (χ1) is 16.7. The van der Waals surface area contributed by atoms with Crippen molar-refractivity contribution in [3.05, 3.63) is 69.2 Å². The van der Waals surface area contributed by atoms with Crippen LogP contribution in [-0.2, 0) is 17.5 Å². The minimum atomic E-state index is -4.53. The molecule has 2 aromatic carbocycles. The zero-order valence-corrected chi connectivity index (χ0v) is 19.9. The van der Waals surface area contributed by atoms with Crippen LogP contribution < -0.4 is 5.32 Å². The summed E-state index contributed by atoms with van der Waals surface area (Å²) in [7, 11) is 0. The molecular formula is C24H20ClF3N4O2S. The lowest BCUT2D eigenvalue weighted by Crippen LogP contribution is -2.39. The zero-order valence-electron chi connectivity index (χ0n) is 18.3. The van der Waals surface area contributed by atoms with Crippen LogP contribution in [0.25, 0.3) is 17.0 Å². The number of nitrogens with zero attached hydrogens (tertiary/aromatic N) is 3. The van der Waals surface area contributed by atoms with Crippen molar-refractivity contribution in [2.75, 3.05) is 13.1 Å². The average molecular weight is 521 g/mol. The number of fused-ring (bicyclic) bond motifs is 1. The van der Waals surface area contributed by atoms with E-state index in [0.717, 1.165) is 37.2 Å². The van der Waals surface area contributed by atoms with E-state index in [9.17, 15) is 22.8 Å². The number of nitrogens with one attached hydrogen (secondary N) is 1. The van der Waals surface area contributed by atoms with Crippen LogP contribution in [0.15, 0.2) is 47.5 Å². The highest BCUT2D eigenvalue weighted by Gasteiger charge is 2.37. The van der Waals surface area contributed by atoms with Crippen LogP contribution >= 0.6 is 23.4 Å². The van der Waals surface area contributed by atoms with Gasteiger partial charge in [0.05, 0.1) is 28.7 Å². The molecule has 3 heterocycles. The van der Waals surface area contributed by atoms with E-state index in [1.165, 1.54) is 21.7 Å². The van der Waals surface area contributed by atoms with Gasteiger partial charge in [0, 0.05) is 23.0 Å². The lowest BCUT2D eigenvalue weighted by atomic mass is 10.1. The van der Waals surface area contributed by atoms with Crippen molar-refractivity contribution in [3.8, 4) is 0 Å². The number of rotatable bonds is 5. The highest BCUT2D eigenvalue weighted by Crippen LogP contribution is 2.35. The second-order valence-electron chi connectivity index (χ2n) is 8.51. The molecule has 0 saturated carbocycles. The van der Waals surface area contributed by atoms with Gasteiger partial charge in [0.15, 0.2) is 0 Å². The summed E-state index contributed by atoms with van der Waals surface area (Å²) in [6.07, 6.45) is 0.646. The number of aromatic nitrogens is 2. The van der Waals surface area contributed by atoms with Crippen LogP contribution in [0, 0.1) is 0 Å². The molecule has 11 heteroatoms. The van der Waals surface area contributed by atoms with E-state index in [2.05, 4.69) is 10.4 Å². The summed E-state index contributed by atoms with van der Waals surface area (Å²) in [6.45, 7) is 1.17. The van der Waals surface area contributed by atoms with Crippen molar-refractivity contribution >= 4 is 51.5 Å². The number of carbonyl (C=O) groups is 2. The van der Waals surface area contributed by atoms with Crippen LogP contribution in [0.1, 0.15) is 29.5 Å². The lowest BCUT2D eigenvalue weighted by molar-refractivity contribution is -0.138. The van der Waals surface area contributed by atoms with Gasteiger partial charge < -0.3 is 5.32 Å². The number of thioether (sulfide) groups is 1. The van der Waals surface area contributed by atoms with E-state index in [0.29, 0.717) is 27.9 Å². The van der Waals surface area contributed by atoms with Crippen LogP contribution in [-0.4, -0.2) is 45.0 Å². The average Bonchev–Trinajstić information content (AvgIpc) is 3.52. The number of alkyl halides is 3. The molecule has 1 N–H and O–H groups in total. The molecule has 0 spiro atoms. The van der Waals surface area contributed by atoms with Crippen LogP contribution in [0.3, 0.4) is 0 Å². The molecule has 3 aromatic rings. The maximum atomic E-state index is 13.5. The number of carbonyl (C=O) groups excluding carboxylic acids is 2. The quantitative estimate of drug-likeness (QED) is 0.447. The number of halogens is 4. The number of hydrogen-bond donors (Lipinski definition) is 1. The smallest absolute Gasteiger partial charge is 0.312 e. The Morgan fingerprint density at radius 3 is 2.77 bits per heavy atom. The number of benzene rings is 2. The Kier molecular flexibility index (Phi) is 6.37. The fraction of sp³-hybridized carbons (Fsp3) is 0.292. The molecule has 0 radical (unpaired) electrons. The molecule has 1 atom stereocenters. The van der Waals surface area contributed by atoms with Gasteiger partial charge in [-0.2, -0.15) is 18.3 Å². The summed E-state index contributed by atoms with van der Waals surface area (Å²) in [4.78, 5) is 26.8. The van der Waals surface area contributed by atoms with Gasteiger partial charge in [0.2, 0.25) is 0 Å². The van der Waals surface area contributed by atoms with Crippen molar-refractivity contribution in [2.45, 2.75) is 31.6 Å². The second kappa shape index (κ2) is 9.33. The minimum absolute atomic E-state index is 0.0139. The molecule has 2 amide bonds. The normalized spacial score (nSPS) is 20.1. The molecule has 1 aromatic heterocycles. The Morgan fingerprint density at radius 1 is 1.20 bits per heavy atom. The van der Waals surface area contributed by atoms with Crippen molar-refractivity contribution < 1.29 is 22.8 Å². The maximum Gasteiger partial charge on any atom is 0.416 e. The summed E-state index contributed by atoms with van der Waals surface area (Å²) in [5.41, 5.74) is 0.602.